The number of likely N-dealkylation sites (N-methyl/N-ethyl adjacent to an activating group) is 1. The summed E-state index contributed by atoms with van der Waals surface area (Å²) >= 11 is 9.54. The van der Waals surface area contributed by atoms with Crippen LogP contribution in [-0.4, -0.2) is 29.8 Å². The number of rotatable bonds is 8. The number of nitrogens with one attached hydrogen (secondary N) is 1. The zero-order valence-corrected chi connectivity index (χ0v) is 19.6. The normalized spacial score (nSPS) is 11.6. The summed E-state index contributed by atoms with van der Waals surface area (Å²) in [6, 6.07) is 24.1. The van der Waals surface area contributed by atoms with Crippen LogP contribution in [0.2, 0.25) is 5.02 Å². The average molecular weight is 500 g/mol. The SMILES string of the molecule is CNC(=O)C(Cc1ccccc1)N(Cc1ccc(Br)cc1)C(=O)Cc1cccc(Cl)c1. The van der Waals surface area contributed by atoms with Crippen LogP contribution in [0.1, 0.15) is 16.7 Å². The van der Waals surface area contributed by atoms with Crippen LogP contribution in [0.5, 0.6) is 0 Å². The Kier molecular flexibility index (Phi) is 8.27. The standard InChI is InChI=1S/C25H24BrClN2O2/c1-28-25(31)23(15-18-6-3-2-4-7-18)29(17-19-10-12-21(26)13-11-19)24(30)16-20-8-5-9-22(27)14-20/h2-14,23H,15-17H2,1H3,(H,28,31). The number of hydrogen-bond acceptors (Lipinski definition) is 2. The van der Waals surface area contributed by atoms with E-state index in [1.165, 1.54) is 0 Å². The quantitative estimate of drug-likeness (QED) is 0.472. The second-order valence-electron chi connectivity index (χ2n) is 7.27. The molecule has 0 radical (unpaired) electrons. The summed E-state index contributed by atoms with van der Waals surface area (Å²) in [4.78, 5) is 28.0. The Morgan fingerprint density at radius 1 is 0.935 bits per heavy atom. The van der Waals surface area contributed by atoms with E-state index in [1.807, 2.05) is 66.7 Å². The highest BCUT2D eigenvalue weighted by atomic mass is 79.9. The van der Waals surface area contributed by atoms with Crippen molar-refractivity contribution in [2.45, 2.75) is 25.4 Å². The van der Waals surface area contributed by atoms with E-state index in [9.17, 15) is 9.59 Å². The highest BCUT2D eigenvalue weighted by molar-refractivity contribution is 9.10. The van der Waals surface area contributed by atoms with E-state index >= 15 is 0 Å². The summed E-state index contributed by atoms with van der Waals surface area (Å²) in [5, 5.41) is 3.31. The van der Waals surface area contributed by atoms with Gasteiger partial charge in [0.05, 0.1) is 6.42 Å². The number of carbonyl (C=O) groups is 2. The first kappa shape index (κ1) is 23.0. The summed E-state index contributed by atoms with van der Waals surface area (Å²) in [7, 11) is 1.60. The third-order valence-corrected chi connectivity index (χ3v) is 5.79. The van der Waals surface area contributed by atoms with Crippen LogP contribution in [0.25, 0.3) is 0 Å². The Balaban J connectivity index is 1.93. The lowest BCUT2D eigenvalue weighted by atomic mass is 10.0. The van der Waals surface area contributed by atoms with Crippen LogP contribution < -0.4 is 5.32 Å². The van der Waals surface area contributed by atoms with Crippen molar-refractivity contribution in [3.8, 4) is 0 Å². The molecule has 0 aromatic heterocycles. The van der Waals surface area contributed by atoms with Gasteiger partial charge in [-0.05, 0) is 41.0 Å². The monoisotopic (exact) mass is 498 g/mol. The van der Waals surface area contributed by atoms with E-state index in [1.54, 1.807) is 24.1 Å². The van der Waals surface area contributed by atoms with Gasteiger partial charge in [-0.15, -0.1) is 0 Å². The molecule has 3 rings (SSSR count). The summed E-state index contributed by atoms with van der Waals surface area (Å²) < 4.78 is 0.959. The zero-order chi connectivity index (χ0) is 22.2. The Labute approximate surface area is 196 Å². The van der Waals surface area contributed by atoms with Gasteiger partial charge in [0.15, 0.2) is 0 Å². The van der Waals surface area contributed by atoms with Crippen molar-refractivity contribution in [3.05, 3.63) is 105 Å². The fraction of sp³-hybridized carbons (Fsp3) is 0.200. The van der Waals surface area contributed by atoms with E-state index in [2.05, 4.69) is 21.2 Å². The molecule has 3 aromatic carbocycles. The number of carbonyl (C=O) groups excluding carboxylic acids is 2. The minimum absolute atomic E-state index is 0.130. The summed E-state index contributed by atoms with van der Waals surface area (Å²) in [6.45, 7) is 0.331. The molecule has 0 spiro atoms. The lowest BCUT2D eigenvalue weighted by Gasteiger charge is -2.31. The third-order valence-electron chi connectivity index (χ3n) is 5.03. The highest BCUT2D eigenvalue weighted by Gasteiger charge is 2.29. The van der Waals surface area contributed by atoms with E-state index in [-0.39, 0.29) is 18.2 Å². The van der Waals surface area contributed by atoms with E-state index in [0.717, 1.165) is 21.2 Å². The van der Waals surface area contributed by atoms with Crippen LogP contribution in [-0.2, 0) is 29.0 Å². The average Bonchev–Trinajstić information content (AvgIpc) is 2.77. The van der Waals surface area contributed by atoms with Gasteiger partial charge in [-0.1, -0.05) is 82.1 Å². The predicted octanol–water partition coefficient (Wildman–Crippen LogP) is 5.03. The van der Waals surface area contributed by atoms with E-state index in [4.69, 9.17) is 11.6 Å². The molecule has 1 unspecified atom stereocenters. The number of halogens is 2. The van der Waals surface area contributed by atoms with Crippen molar-refractivity contribution < 1.29 is 9.59 Å². The van der Waals surface area contributed by atoms with Crippen LogP contribution >= 0.6 is 27.5 Å². The number of hydrogen-bond donors (Lipinski definition) is 1. The van der Waals surface area contributed by atoms with Crippen molar-refractivity contribution in [1.82, 2.24) is 10.2 Å². The maximum Gasteiger partial charge on any atom is 0.242 e. The largest absolute Gasteiger partial charge is 0.357 e. The van der Waals surface area contributed by atoms with E-state index < -0.39 is 6.04 Å². The molecule has 0 aliphatic rings. The molecule has 3 aromatic rings. The van der Waals surface area contributed by atoms with Gasteiger partial charge in [0.25, 0.3) is 0 Å². The maximum absolute atomic E-state index is 13.4. The molecule has 0 heterocycles. The molecule has 6 heteroatoms. The second-order valence-corrected chi connectivity index (χ2v) is 8.63. The lowest BCUT2D eigenvalue weighted by molar-refractivity contribution is -0.140. The molecule has 0 aliphatic carbocycles. The van der Waals surface area contributed by atoms with Gasteiger partial charge >= 0.3 is 0 Å². The first-order valence-electron chi connectivity index (χ1n) is 10.00. The third kappa shape index (κ3) is 6.68. The van der Waals surface area contributed by atoms with Crippen molar-refractivity contribution in [2.24, 2.45) is 0 Å². The molecular formula is C25H24BrClN2O2. The molecule has 0 bridgehead atoms. The minimum atomic E-state index is -0.636. The fourth-order valence-electron chi connectivity index (χ4n) is 3.43. The predicted molar refractivity (Wildman–Crippen MR) is 128 cm³/mol. The van der Waals surface area contributed by atoms with Crippen LogP contribution in [0.4, 0.5) is 0 Å². The first-order chi connectivity index (χ1) is 15.0. The van der Waals surface area contributed by atoms with Gasteiger partial charge in [-0.2, -0.15) is 0 Å². The highest BCUT2D eigenvalue weighted by Crippen LogP contribution is 2.19. The summed E-state index contributed by atoms with van der Waals surface area (Å²) in [5.41, 5.74) is 2.76. The Morgan fingerprint density at radius 3 is 2.26 bits per heavy atom. The van der Waals surface area contributed by atoms with Gasteiger partial charge in [-0.25, -0.2) is 0 Å². The molecule has 2 amide bonds. The molecule has 31 heavy (non-hydrogen) atoms. The minimum Gasteiger partial charge on any atom is -0.357 e. The van der Waals surface area contributed by atoms with Gasteiger partial charge in [0, 0.05) is 29.5 Å². The molecule has 1 N–H and O–H groups in total. The van der Waals surface area contributed by atoms with Crippen LogP contribution in [0, 0.1) is 0 Å². The van der Waals surface area contributed by atoms with Crippen molar-refractivity contribution >= 4 is 39.3 Å². The molecule has 0 saturated carbocycles. The fourth-order valence-corrected chi connectivity index (χ4v) is 3.91. The van der Waals surface area contributed by atoms with Crippen molar-refractivity contribution in [2.75, 3.05) is 7.05 Å². The van der Waals surface area contributed by atoms with Crippen molar-refractivity contribution in [3.63, 3.8) is 0 Å². The number of benzene rings is 3. The molecule has 4 nitrogen and oxygen atoms in total. The lowest BCUT2D eigenvalue weighted by Crippen LogP contribution is -2.50. The summed E-state index contributed by atoms with van der Waals surface area (Å²) in [5.74, 6) is -0.324. The van der Waals surface area contributed by atoms with Gasteiger partial charge in [-0.3, -0.25) is 9.59 Å². The smallest absolute Gasteiger partial charge is 0.242 e. The Bertz CT molecular complexity index is 1030. The number of amides is 2. The molecule has 0 aliphatic heterocycles. The molecule has 1 atom stereocenters. The number of nitrogens with zero attached hydrogens (tertiary/aromatic N) is 1. The second kappa shape index (κ2) is 11.1. The molecule has 0 saturated heterocycles. The van der Waals surface area contributed by atoms with Gasteiger partial charge in [0.1, 0.15) is 6.04 Å². The van der Waals surface area contributed by atoms with Gasteiger partial charge < -0.3 is 10.2 Å². The molecular weight excluding hydrogens is 476 g/mol. The Hall–Kier alpha value is -2.63. The summed E-state index contributed by atoms with van der Waals surface area (Å²) in [6.07, 6.45) is 0.595. The molecule has 160 valence electrons. The van der Waals surface area contributed by atoms with Crippen LogP contribution in [0.3, 0.4) is 0 Å². The maximum atomic E-state index is 13.4. The Morgan fingerprint density at radius 2 is 1.61 bits per heavy atom. The van der Waals surface area contributed by atoms with Crippen LogP contribution in [0.15, 0.2) is 83.3 Å². The van der Waals surface area contributed by atoms with Crippen molar-refractivity contribution in [1.29, 1.82) is 0 Å². The van der Waals surface area contributed by atoms with E-state index in [0.29, 0.717) is 18.0 Å². The molecule has 0 fully saturated rings. The van der Waals surface area contributed by atoms with Gasteiger partial charge in [0.2, 0.25) is 11.8 Å². The topological polar surface area (TPSA) is 49.4 Å². The zero-order valence-electron chi connectivity index (χ0n) is 17.2. The first-order valence-corrected chi connectivity index (χ1v) is 11.2.